The highest BCUT2D eigenvalue weighted by molar-refractivity contribution is 4.92. The lowest BCUT2D eigenvalue weighted by Gasteiger charge is -2.39. The minimum Gasteiger partial charge on any atom is -0.381 e. The molecule has 1 aliphatic heterocycles. The predicted octanol–water partition coefficient (Wildman–Crippen LogP) is 3.26. The van der Waals surface area contributed by atoms with E-state index >= 15 is 0 Å². The molecule has 2 aliphatic carbocycles. The summed E-state index contributed by atoms with van der Waals surface area (Å²) in [6, 6.07) is 1.55. The Morgan fingerprint density at radius 3 is 2.00 bits per heavy atom. The molecule has 2 heteroatoms. The molecule has 0 aromatic rings. The molecule has 3 rings (SSSR count). The first-order valence-electron chi connectivity index (χ1n) is 7.70. The standard InChI is InChI=1S/C15H27NO/c1-2-8-15(7-1)9-3-13(4-10-15)16-14-5-11-17-12-6-14/h13-14,16H,1-12H2. The van der Waals surface area contributed by atoms with Crippen molar-refractivity contribution in [2.45, 2.75) is 76.3 Å². The zero-order valence-electron chi connectivity index (χ0n) is 11.0. The largest absolute Gasteiger partial charge is 0.381 e. The van der Waals surface area contributed by atoms with Crippen LogP contribution in [0.15, 0.2) is 0 Å². The predicted molar refractivity (Wildman–Crippen MR) is 70.1 cm³/mol. The van der Waals surface area contributed by atoms with Gasteiger partial charge in [0.25, 0.3) is 0 Å². The Morgan fingerprint density at radius 2 is 1.35 bits per heavy atom. The third kappa shape index (κ3) is 2.85. The highest BCUT2D eigenvalue weighted by Gasteiger charge is 2.37. The zero-order chi connectivity index (χ0) is 11.6. The van der Waals surface area contributed by atoms with E-state index in [1.165, 1.54) is 64.2 Å². The molecule has 3 fully saturated rings. The Labute approximate surface area is 105 Å². The van der Waals surface area contributed by atoms with Crippen LogP contribution in [-0.2, 0) is 4.74 Å². The molecule has 1 heterocycles. The minimum absolute atomic E-state index is 0.742. The van der Waals surface area contributed by atoms with Crippen LogP contribution in [0.1, 0.15) is 64.2 Å². The summed E-state index contributed by atoms with van der Waals surface area (Å²) in [5.41, 5.74) is 0.786. The van der Waals surface area contributed by atoms with Gasteiger partial charge in [0.1, 0.15) is 0 Å². The van der Waals surface area contributed by atoms with Crippen molar-refractivity contribution in [1.82, 2.24) is 5.32 Å². The summed E-state index contributed by atoms with van der Waals surface area (Å²) in [4.78, 5) is 0. The Balaban J connectivity index is 1.44. The summed E-state index contributed by atoms with van der Waals surface area (Å²) in [7, 11) is 0. The second-order valence-electron chi connectivity index (χ2n) is 6.53. The number of ether oxygens (including phenoxy) is 1. The number of hydrogen-bond donors (Lipinski definition) is 1. The molecule has 0 amide bonds. The fourth-order valence-electron chi connectivity index (χ4n) is 4.22. The van der Waals surface area contributed by atoms with Crippen LogP contribution in [0.25, 0.3) is 0 Å². The summed E-state index contributed by atoms with van der Waals surface area (Å²) in [6.07, 6.45) is 14.3. The molecule has 0 aromatic carbocycles. The minimum atomic E-state index is 0.742. The van der Waals surface area contributed by atoms with E-state index in [-0.39, 0.29) is 0 Å². The third-order valence-electron chi connectivity index (χ3n) is 5.40. The molecule has 1 saturated heterocycles. The van der Waals surface area contributed by atoms with E-state index in [9.17, 15) is 0 Å². The molecular weight excluding hydrogens is 210 g/mol. The molecule has 98 valence electrons. The molecule has 0 atom stereocenters. The normalized spacial score (nSPS) is 31.1. The number of rotatable bonds is 2. The Hall–Kier alpha value is -0.0800. The van der Waals surface area contributed by atoms with E-state index in [2.05, 4.69) is 5.32 Å². The average molecular weight is 237 g/mol. The van der Waals surface area contributed by atoms with Crippen molar-refractivity contribution in [2.75, 3.05) is 13.2 Å². The lowest BCUT2D eigenvalue weighted by atomic mass is 9.71. The summed E-state index contributed by atoms with van der Waals surface area (Å²) in [5, 5.41) is 3.88. The van der Waals surface area contributed by atoms with Crippen molar-refractivity contribution in [3.05, 3.63) is 0 Å². The van der Waals surface area contributed by atoms with Crippen LogP contribution in [-0.4, -0.2) is 25.3 Å². The molecule has 2 nitrogen and oxygen atoms in total. The van der Waals surface area contributed by atoms with Gasteiger partial charge in [-0.1, -0.05) is 12.8 Å². The van der Waals surface area contributed by atoms with E-state index in [0.717, 1.165) is 30.7 Å². The monoisotopic (exact) mass is 237 g/mol. The van der Waals surface area contributed by atoms with Crippen molar-refractivity contribution in [1.29, 1.82) is 0 Å². The molecule has 2 saturated carbocycles. The van der Waals surface area contributed by atoms with Crippen molar-refractivity contribution >= 4 is 0 Å². The van der Waals surface area contributed by atoms with Crippen LogP contribution in [0, 0.1) is 5.41 Å². The molecule has 0 unspecified atom stereocenters. The third-order valence-corrected chi connectivity index (χ3v) is 5.40. The van der Waals surface area contributed by atoms with Crippen LogP contribution in [0.5, 0.6) is 0 Å². The summed E-state index contributed by atoms with van der Waals surface area (Å²) in [5.74, 6) is 0. The van der Waals surface area contributed by atoms with E-state index in [0.29, 0.717) is 0 Å². The smallest absolute Gasteiger partial charge is 0.0480 e. The topological polar surface area (TPSA) is 21.3 Å². The first kappa shape index (κ1) is 12.0. The van der Waals surface area contributed by atoms with Crippen LogP contribution >= 0.6 is 0 Å². The highest BCUT2D eigenvalue weighted by atomic mass is 16.5. The Bertz CT molecular complexity index is 231. The van der Waals surface area contributed by atoms with E-state index < -0.39 is 0 Å². The fourth-order valence-corrected chi connectivity index (χ4v) is 4.22. The van der Waals surface area contributed by atoms with Gasteiger partial charge >= 0.3 is 0 Å². The molecule has 1 N–H and O–H groups in total. The van der Waals surface area contributed by atoms with Crippen LogP contribution in [0.4, 0.5) is 0 Å². The lowest BCUT2D eigenvalue weighted by Crippen LogP contribution is -2.44. The molecule has 0 aromatic heterocycles. The van der Waals surface area contributed by atoms with E-state index in [1.807, 2.05) is 0 Å². The van der Waals surface area contributed by atoms with Gasteiger partial charge in [0.15, 0.2) is 0 Å². The van der Waals surface area contributed by atoms with Gasteiger partial charge in [0.2, 0.25) is 0 Å². The maximum atomic E-state index is 5.43. The number of hydrogen-bond acceptors (Lipinski definition) is 2. The summed E-state index contributed by atoms with van der Waals surface area (Å²) < 4.78 is 5.43. The molecule has 1 spiro atoms. The molecular formula is C15H27NO. The van der Waals surface area contributed by atoms with Crippen LogP contribution in [0.2, 0.25) is 0 Å². The number of nitrogens with one attached hydrogen (secondary N) is 1. The molecule has 17 heavy (non-hydrogen) atoms. The Kier molecular flexibility index (Phi) is 3.72. The first-order valence-corrected chi connectivity index (χ1v) is 7.70. The SMILES string of the molecule is C1CCC2(C1)CCC(NC1CCOCC1)CC2. The van der Waals surface area contributed by atoms with Crippen LogP contribution in [0.3, 0.4) is 0 Å². The van der Waals surface area contributed by atoms with Crippen molar-refractivity contribution in [2.24, 2.45) is 5.41 Å². The fraction of sp³-hybridized carbons (Fsp3) is 1.00. The quantitative estimate of drug-likeness (QED) is 0.796. The van der Waals surface area contributed by atoms with E-state index in [4.69, 9.17) is 4.74 Å². The lowest BCUT2D eigenvalue weighted by molar-refractivity contribution is 0.0689. The maximum Gasteiger partial charge on any atom is 0.0480 e. The van der Waals surface area contributed by atoms with Crippen LogP contribution < -0.4 is 5.32 Å². The van der Waals surface area contributed by atoms with Gasteiger partial charge in [-0.25, -0.2) is 0 Å². The second-order valence-corrected chi connectivity index (χ2v) is 6.53. The Morgan fingerprint density at radius 1 is 0.765 bits per heavy atom. The van der Waals surface area contributed by atoms with Gasteiger partial charge in [0, 0.05) is 25.3 Å². The van der Waals surface area contributed by atoms with Gasteiger partial charge < -0.3 is 10.1 Å². The first-order chi connectivity index (χ1) is 8.36. The molecule has 3 aliphatic rings. The average Bonchev–Trinajstić information content (AvgIpc) is 2.83. The van der Waals surface area contributed by atoms with Gasteiger partial charge in [-0.15, -0.1) is 0 Å². The molecule has 0 radical (unpaired) electrons. The van der Waals surface area contributed by atoms with Gasteiger partial charge in [-0.2, -0.15) is 0 Å². The summed E-state index contributed by atoms with van der Waals surface area (Å²) >= 11 is 0. The van der Waals surface area contributed by atoms with E-state index in [1.54, 1.807) is 0 Å². The summed E-state index contributed by atoms with van der Waals surface area (Å²) in [6.45, 7) is 1.93. The zero-order valence-corrected chi connectivity index (χ0v) is 11.0. The molecule has 0 bridgehead atoms. The van der Waals surface area contributed by atoms with Crippen molar-refractivity contribution in [3.8, 4) is 0 Å². The highest BCUT2D eigenvalue weighted by Crippen LogP contribution is 2.48. The van der Waals surface area contributed by atoms with Gasteiger partial charge in [0.05, 0.1) is 0 Å². The maximum absolute atomic E-state index is 5.43. The second kappa shape index (κ2) is 5.27. The van der Waals surface area contributed by atoms with Gasteiger partial charge in [-0.3, -0.25) is 0 Å². The van der Waals surface area contributed by atoms with Crippen molar-refractivity contribution in [3.63, 3.8) is 0 Å². The van der Waals surface area contributed by atoms with Gasteiger partial charge in [-0.05, 0) is 56.8 Å². The van der Waals surface area contributed by atoms with Crippen molar-refractivity contribution < 1.29 is 4.74 Å².